The van der Waals surface area contributed by atoms with Gasteiger partial charge in [-0.15, -0.1) is 0 Å². The van der Waals surface area contributed by atoms with Gasteiger partial charge in [-0.25, -0.2) is 0 Å². The number of carbonyl (C=O) groups excluding carboxylic acids is 1. The maximum atomic E-state index is 12.6. The van der Waals surface area contributed by atoms with E-state index < -0.39 is 0 Å². The van der Waals surface area contributed by atoms with Gasteiger partial charge in [0, 0.05) is 12.7 Å². The molecule has 4 heterocycles. The number of carbonyl (C=O) groups is 1. The number of H-pyrrole nitrogens is 1. The number of hydrogen-bond acceptors (Lipinski definition) is 4. The van der Waals surface area contributed by atoms with Gasteiger partial charge in [0.2, 0.25) is 5.91 Å². The fourth-order valence-electron chi connectivity index (χ4n) is 3.83. The molecule has 1 amide bonds. The summed E-state index contributed by atoms with van der Waals surface area (Å²) in [5.41, 5.74) is 4.85. The molecule has 6 nitrogen and oxygen atoms in total. The van der Waals surface area contributed by atoms with Gasteiger partial charge < -0.3 is 5.32 Å². The van der Waals surface area contributed by atoms with Crippen molar-refractivity contribution in [2.45, 2.75) is 18.6 Å². The molecule has 1 fully saturated rings. The van der Waals surface area contributed by atoms with Crippen molar-refractivity contribution in [1.82, 2.24) is 25.4 Å². The van der Waals surface area contributed by atoms with Crippen molar-refractivity contribution in [3.05, 3.63) is 71.5 Å². The largest absolute Gasteiger partial charge is 0.333 e. The Balaban J connectivity index is 1.49. The summed E-state index contributed by atoms with van der Waals surface area (Å²) in [4.78, 5) is 19.2. The smallest absolute Gasteiger partial charge is 0.243 e. The molecule has 0 saturated carbocycles. The van der Waals surface area contributed by atoms with E-state index in [4.69, 9.17) is 0 Å². The van der Waals surface area contributed by atoms with Gasteiger partial charge in [-0.05, 0) is 35.7 Å². The van der Waals surface area contributed by atoms with Crippen LogP contribution in [0.3, 0.4) is 0 Å². The molecule has 2 atom stereocenters. The third-order valence-electron chi connectivity index (χ3n) is 5.00. The zero-order valence-electron chi connectivity index (χ0n) is 13.5. The van der Waals surface area contributed by atoms with Crippen LogP contribution < -0.4 is 5.32 Å². The van der Waals surface area contributed by atoms with Gasteiger partial charge in [0.15, 0.2) is 0 Å². The molecular formula is C19H17N5O. The summed E-state index contributed by atoms with van der Waals surface area (Å²) in [5, 5.41) is 10.6. The van der Waals surface area contributed by atoms with Crippen molar-refractivity contribution >= 4 is 5.91 Å². The molecule has 3 aromatic rings. The molecule has 0 bridgehead atoms. The first-order valence-electron chi connectivity index (χ1n) is 8.42. The van der Waals surface area contributed by atoms with Crippen LogP contribution in [0, 0.1) is 0 Å². The van der Waals surface area contributed by atoms with E-state index in [1.807, 2.05) is 36.4 Å². The average molecular weight is 331 g/mol. The predicted octanol–water partition coefficient (Wildman–Crippen LogP) is 2.20. The lowest BCUT2D eigenvalue weighted by molar-refractivity contribution is -0.121. The quantitative estimate of drug-likeness (QED) is 0.755. The van der Waals surface area contributed by atoms with Crippen molar-refractivity contribution in [3.63, 3.8) is 0 Å². The van der Waals surface area contributed by atoms with Crippen LogP contribution in [-0.4, -0.2) is 32.5 Å². The highest BCUT2D eigenvalue weighted by molar-refractivity contribution is 5.86. The van der Waals surface area contributed by atoms with E-state index in [2.05, 4.69) is 37.5 Å². The number of aromatic nitrogens is 3. The molecule has 25 heavy (non-hydrogen) atoms. The summed E-state index contributed by atoms with van der Waals surface area (Å²) < 4.78 is 0. The SMILES string of the molecule is O=C1NC(c2cc(-c3ccccn3)n[nH]2)N2CCc3ccccc3C12. The molecule has 2 aromatic heterocycles. The highest BCUT2D eigenvalue weighted by atomic mass is 16.2. The number of pyridine rings is 1. The van der Waals surface area contributed by atoms with Gasteiger partial charge in [0.05, 0.1) is 11.4 Å². The van der Waals surface area contributed by atoms with Crippen molar-refractivity contribution in [2.24, 2.45) is 0 Å². The van der Waals surface area contributed by atoms with E-state index in [1.165, 1.54) is 5.56 Å². The number of fused-ring (bicyclic) bond motifs is 3. The summed E-state index contributed by atoms with van der Waals surface area (Å²) in [6.07, 6.45) is 2.51. The highest BCUT2D eigenvalue weighted by Gasteiger charge is 2.44. The van der Waals surface area contributed by atoms with Gasteiger partial charge in [0.1, 0.15) is 17.9 Å². The molecular weight excluding hydrogens is 314 g/mol. The number of benzene rings is 1. The topological polar surface area (TPSA) is 73.9 Å². The lowest BCUT2D eigenvalue weighted by Crippen LogP contribution is -2.35. The van der Waals surface area contributed by atoms with Gasteiger partial charge in [-0.1, -0.05) is 30.3 Å². The number of amides is 1. The molecule has 1 saturated heterocycles. The van der Waals surface area contributed by atoms with E-state index in [0.29, 0.717) is 0 Å². The average Bonchev–Trinajstić information content (AvgIpc) is 3.27. The molecule has 1 aromatic carbocycles. The Labute approximate surface area is 144 Å². The molecule has 0 aliphatic carbocycles. The fourth-order valence-corrected chi connectivity index (χ4v) is 3.83. The number of hydrogen-bond donors (Lipinski definition) is 2. The minimum atomic E-state index is -0.225. The Kier molecular flexibility index (Phi) is 3.18. The molecule has 2 unspecified atom stereocenters. The lowest BCUT2D eigenvalue weighted by Gasteiger charge is -2.32. The van der Waals surface area contributed by atoms with E-state index in [9.17, 15) is 4.79 Å². The molecule has 2 aliphatic heterocycles. The minimum absolute atomic E-state index is 0.0473. The molecule has 6 heteroatoms. The van der Waals surface area contributed by atoms with Crippen LogP contribution in [0.2, 0.25) is 0 Å². The standard InChI is InChI=1S/C19H17N5O/c25-19-17-13-6-2-1-5-12(13)8-10-24(17)18(21-19)16-11-15(22-23-16)14-7-3-4-9-20-14/h1-7,9,11,17-18H,8,10H2,(H,21,25)(H,22,23). The first kappa shape index (κ1) is 14.4. The van der Waals surface area contributed by atoms with Crippen LogP contribution in [0.4, 0.5) is 0 Å². The summed E-state index contributed by atoms with van der Waals surface area (Å²) in [7, 11) is 0. The fraction of sp³-hybridized carbons (Fsp3) is 0.211. The monoisotopic (exact) mass is 331 g/mol. The number of aromatic amines is 1. The van der Waals surface area contributed by atoms with Gasteiger partial charge in [-0.3, -0.25) is 19.8 Å². The highest BCUT2D eigenvalue weighted by Crippen LogP contribution is 2.39. The van der Waals surface area contributed by atoms with Crippen LogP contribution in [0.15, 0.2) is 54.7 Å². The second-order valence-corrected chi connectivity index (χ2v) is 6.42. The maximum absolute atomic E-state index is 12.6. The van der Waals surface area contributed by atoms with Crippen molar-refractivity contribution in [1.29, 1.82) is 0 Å². The van der Waals surface area contributed by atoms with Crippen molar-refractivity contribution in [3.8, 4) is 11.4 Å². The second kappa shape index (κ2) is 5.53. The Morgan fingerprint density at radius 2 is 1.96 bits per heavy atom. The van der Waals surface area contributed by atoms with Gasteiger partial charge in [-0.2, -0.15) is 5.10 Å². The molecule has 2 aliphatic rings. The van der Waals surface area contributed by atoms with Crippen LogP contribution in [0.25, 0.3) is 11.4 Å². The minimum Gasteiger partial charge on any atom is -0.333 e. The Bertz CT molecular complexity index is 936. The first-order chi connectivity index (χ1) is 12.3. The third kappa shape index (κ3) is 2.26. The number of nitrogens with zero attached hydrogens (tertiary/aromatic N) is 3. The van der Waals surface area contributed by atoms with E-state index in [0.717, 1.165) is 35.6 Å². The molecule has 124 valence electrons. The second-order valence-electron chi connectivity index (χ2n) is 6.42. The van der Waals surface area contributed by atoms with E-state index >= 15 is 0 Å². The zero-order valence-corrected chi connectivity index (χ0v) is 13.5. The Morgan fingerprint density at radius 1 is 1.08 bits per heavy atom. The molecule has 0 spiro atoms. The van der Waals surface area contributed by atoms with Crippen LogP contribution in [0.1, 0.15) is 29.0 Å². The summed E-state index contributed by atoms with van der Waals surface area (Å²) in [6.45, 7) is 0.836. The summed E-state index contributed by atoms with van der Waals surface area (Å²) in [5.74, 6) is 0.0473. The van der Waals surface area contributed by atoms with E-state index in [1.54, 1.807) is 6.20 Å². The van der Waals surface area contributed by atoms with Crippen LogP contribution in [0.5, 0.6) is 0 Å². The zero-order chi connectivity index (χ0) is 16.8. The maximum Gasteiger partial charge on any atom is 0.243 e. The first-order valence-corrected chi connectivity index (χ1v) is 8.42. The molecule has 5 rings (SSSR count). The normalized spacial score (nSPS) is 22.3. The summed E-state index contributed by atoms with van der Waals surface area (Å²) in [6, 6.07) is 15.7. The number of rotatable bonds is 2. The lowest BCUT2D eigenvalue weighted by atomic mass is 9.93. The molecule has 2 N–H and O–H groups in total. The van der Waals surface area contributed by atoms with Crippen molar-refractivity contribution < 1.29 is 4.79 Å². The van der Waals surface area contributed by atoms with Gasteiger partial charge >= 0.3 is 0 Å². The number of nitrogens with one attached hydrogen (secondary N) is 2. The van der Waals surface area contributed by atoms with Crippen molar-refractivity contribution in [2.75, 3.05) is 6.54 Å². The van der Waals surface area contributed by atoms with Gasteiger partial charge in [0.25, 0.3) is 0 Å². The van der Waals surface area contributed by atoms with Crippen LogP contribution >= 0.6 is 0 Å². The Morgan fingerprint density at radius 3 is 2.84 bits per heavy atom. The third-order valence-corrected chi connectivity index (χ3v) is 5.00. The Hall–Kier alpha value is -2.99. The summed E-state index contributed by atoms with van der Waals surface area (Å²) >= 11 is 0. The van der Waals surface area contributed by atoms with Crippen LogP contribution in [-0.2, 0) is 11.2 Å². The van der Waals surface area contributed by atoms with E-state index in [-0.39, 0.29) is 18.1 Å². The predicted molar refractivity (Wildman–Crippen MR) is 92.3 cm³/mol. The molecule has 0 radical (unpaired) electrons.